The highest BCUT2D eigenvalue weighted by molar-refractivity contribution is 7.47. The SMILES string of the molecule is CCCCCC=CCC=CCC=CCCCCCCC(=O)OC(COC(=O)CCCCCCCCCC=CCCCCCC)COP(=O)(O)OC1C(O)C(O)C(O)C(OP(=O)(O)O)C1O. The number of rotatable bonds is 40. The Morgan fingerprint density at radius 1 is 0.492 bits per heavy atom. The minimum atomic E-state index is -5.37. The number of ether oxygens (including phenoxy) is 2. The van der Waals surface area contributed by atoms with Crippen LogP contribution < -0.4 is 0 Å². The van der Waals surface area contributed by atoms with E-state index in [-0.39, 0.29) is 12.8 Å². The number of aliphatic hydroxyl groups excluding tert-OH is 4. The van der Waals surface area contributed by atoms with Gasteiger partial charge in [0.25, 0.3) is 0 Å². The van der Waals surface area contributed by atoms with Gasteiger partial charge in [-0.2, -0.15) is 0 Å². The van der Waals surface area contributed by atoms with E-state index in [1.54, 1.807) is 0 Å². The van der Waals surface area contributed by atoms with Gasteiger partial charge in [0, 0.05) is 12.8 Å². The summed E-state index contributed by atoms with van der Waals surface area (Å²) in [7, 11) is -10.7. The summed E-state index contributed by atoms with van der Waals surface area (Å²) in [5.74, 6) is -1.24. The summed E-state index contributed by atoms with van der Waals surface area (Å²) in [6, 6.07) is 0. The van der Waals surface area contributed by atoms with Crippen LogP contribution in [0.15, 0.2) is 48.6 Å². The van der Waals surface area contributed by atoms with Gasteiger partial charge in [-0.1, -0.05) is 140 Å². The van der Waals surface area contributed by atoms with Gasteiger partial charge in [0.05, 0.1) is 6.61 Å². The Labute approximate surface area is 388 Å². The number of carbonyl (C=O) groups is 2. The Balaban J connectivity index is 2.61. The molecule has 18 heteroatoms. The fraction of sp³-hybridized carbons (Fsp3) is 0.787. The van der Waals surface area contributed by atoms with E-state index in [1.165, 1.54) is 44.9 Å². The summed E-state index contributed by atoms with van der Waals surface area (Å²) in [4.78, 5) is 54.3. The van der Waals surface area contributed by atoms with Crippen molar-refractivity contribution in [3.63, 3.8) is 0 Å². The Kier molecular flexibility index (Phi) is 35.5. The molecule has 0 amide bonds. The average molecular weight is 967 g/mol. The number of hydrogen-bond donors (Lipinski definition) is 7. The third-order valence-corrected chi connectivity index (χ3v) is 12.4. The molecule has 0 aliphatic heterocycles. The molecule has 0 aromatic heterocycles. The molecule has 0 spiro atoms. The summed E-state index contributed by atoms with van der Waals surface area (Å²) < 4.78 is 49.4. The van der Waals surface area contributed by atoms with E-state index in [2.05, 4.69) is 67.0 Å². The lowest BCUT2D eigenvalue weighted by atomic mass is 9.85. The first kappa shape index (κ1) is 61.0. The highest BCUT2D eigenvalue weighted by Gasteiger charge is 2.54. The maximum Gasteiger partial charge on any atom is 0.472 e. The predicted octanol–water partition coefficient (Wildman–Crippen LogP) is 9.29. The number of phosphoric ester groups is 2. The van der Waals surface area contributed by atoms with Crippen molar-refractivity contribution in [1.82, 2.24) is 0 Å². The zero-order chi connectivity index (χ0) is 48.2. The van der Waals surface area contributed by atoms with E-state index in [4.69, 9.17) is 18.5 Å². The van der Waals surface area contributed by atoms with Crippen LogP contribution in [0.4, 0.5) is 0 Å². The lowest BCUT2D eigenvalue weighted by Gasteiger charge is -2.43. The molecule has 1 rings (SSSR count). The molecule has 378 valence electrons. The first-order chi connectivity index (χ1) is 31.1. The molecule has 1 aliphatic carbocycles. The molecule has 8 atom stereocenters. The zero-order valence-electron chi connectivity index (χ0n) is 39.2. The van der Waals surface area contributed by atoms with Crippen molar-refractivity contribution in [2.75, 3.05) is 13.2 Å². The van der Waals surface area contributed by atoms with E-state index in [0.717, 1.165) is 96.3 Å². The fourth-order valence-electron chi connectivity index (χ4n) is 7.09. The summed E-state index contributed by atoms with van der Waals surface area (Å²) in [5.41, 5.74) is 0. The largest absolute Gasteiger partial charge is 0.472 e. The number of hydrogen-bond acceptors (Lipinski definition) is 13. The van der Waals surface area contributed by atoms with Gasteiger partial charge in [0.2, 0.25) is 0 Å². The van der Waals surface area contributed by atoms with Crippen molar-refractivity contribution in [2.24, 2.45) is 0 Å². The van der Waals surface area contributed by atoms with Crippen LogP contribution in [0, 0.1) is 0 Å². The molecule has 0 bridgehead atoms. The summed E-state index contributed by atoms with van der Waals surface area (Å²) in [6.45, 7) is 3.05. The van der Waals surface area contributed by atoms with Crippen molar-refractivity contribution >= 4 is 27.6 Å². The van der Waals surface area contributed by atoms with Crippen molar-refractivity contribution in [3.8, 4) is 0 Å². The van der Waals surface area contributed by atoms with Crippen molar-refractivity contribution in [1.29, 1.82) is 0 Å². The molecule has 0 saturated heterocycles. The molecule has 1 aliphatic rings. The molecule has 0 heterocycles. The van der Waals surface area contributed by atoms with Crippen LogP contribution in [0.2, 0.25) is 0 Å². The van der Waals surface area contributed by atoms with E-state index in [1.807, 2.05) is 0 Å². The first-order valence-corrected chi connectivity index (χ1v) is 27.2. The molecule has 0 aromatic carbocycles. The normalized spacial score (nSPS) is 22.0. The molecule has 65 heavy (non-hydrogen) atoms. The average Bonchev–Trinajstić information content (AvgIpc) is 3.26. The number of phosphoric acid groups is 2. The van der Waals surface area contributed by atoms with Gasteiger partial charge in [-0.25, -0.2) is 9.13 Å². The Morgan fingerprint density at radius 3 is 1.40 bits per heavy atom. The van der Waals surface area contributed by atoms with Gasteiger partial charge in [-0.15, -0.1) is 0 Å². The van der Waals surface area contributed by atoms with E-state index in [9.17, 15) is 53.8 Å². The Hall–Kier alpha value is -2.04. The van der Waals surface area contributed by atoms with Crippen molar-refractivity contribution < 1.29 is 76.9 Å². The summed E-state index contributed by atoms with van der Waals surface area (Å²) in [5, 5.41) is 41.2. The smallest absolute Gasteiger partial charge is 0.462 e. The minimum absolute atomic E-state index is 0.0167. The topological polar surface area (TPSA) is 256 Å². The Bertz CT molecular complexity index is 1450. The molecule has 0 radical (unpaired) electrons. The van der Waals surface area contributed by atoms with E-state index < -0.39 is 83.5 Å². The van der Waals surface area contributed by atoms with Crippen LogP contribution in [-0.2, 0) is 41.8 Å². The van der Waals surface area contributed by atoms with Crippen LogP contribution in [-0.4, -0.2) is 103 Å². The zero-order valence-corrected chi connectivity index (χ0v) is 40.9. The fourth-order valence-corrected chi connectivity index (χ4v) is 8.62. The molecule has 1 saturated carbocycles. The van der Waals surface area contributed by atoms with Crippen molar-refractivity contribution in [3.05, 3.63) is 48.6 Å². The van der Waals surface area contributed by atoms with E-state index in [0.29, 0.717) is 12.8 Å². The molecular formula is C47H84O16P2. The second kappa shape index (κ2) is 37.9. The number of aliphatic hydroxyl groups is 4. The van der Waals surface area contributed by atoms with Gasteiger partial charge in [0.15, 0.2) is 6.10 Å². The second-order valence-corrected chi connectivity index (χ2v) is 19.4. The maximum atomic E-state index is 13.0. The number of carbonyl (C=O) groups excluding carboxylic acids is 2. The van der Waals surface area contributed by atoms with Gasteiger partial charge in [0.1, 0.15) is 43.2 Å². The minimum Gasteiger partial charge on any atom is -0.462 e. The summed E-state index contributed by atoms with van der Waals surface area (Å²) in [6.07, 6.45) is 27.7. The lowest BCUT2D eigenvalue weighted by Crippen LogP contribution is -2.64. The lowest BCUT2D eigenvalue weighted by molar-refractivity contribution is -0.216. The summed E-state index contributed by atoms with van der Waals surface area (Å²) >= 11 is 0. The van der Waals surface area contributed by atoms with Gasteiger partial charge >= 0.3 is 27.6 Å². The number of allylic oxidation sites excluding steroid dienone is 8. The standard InChI is InChI=1S/C47H84O16P2/c1-3-5-7-9-11-13-15-17-19-20-22-24-26-28-30-32-34-36-41(49)61-39(37-59-40(48)35-33-31-29-27-25-23-21-18-16-14-12-10-8-6-4-2)38-60-65(57,58)63-47-44(52)42(50)43(51)46(45(47)53)62-64(54,55)56/h11,13-14,16-17,19,22,24,39,42-47,50-53H,3-10,12,15,18,20-21,23,25-38H2,1-2H3,(H,57,58)(H2,54,55,56). The maximum absolute atomic E-state index is 13.0. The van der Waals surface area contributed by atoms with Crippen LogP contribution in [0.3, 0.4) is 0 Å². The Morgan fingerprint density at radius 2 is 0.892 bits per heavy atom. The van der Waals surface area contributed by atoms with Crippen LogP contribution >= 0.6 is 15.6 Å². The van der Waals surface area contributed by atoms with Gasteiger partial charge in [-0.05, 0) is 77.0 Å². The molecule has 7 N–H and O–H groups in total. The quantitative estimate of drug-likeness (QED) is 0.0131. The number of esters is 2. The van der Waals surface area contributed by atoms with Gasteiger partial charge in [-0.3, -0.25) is 23.2 Å². The third-order valence-electron chi connectivity index (χ3n) is 10.9. The van der Waals surface area contributed by atoms with Crippen LogP contribution in [0.25, 0.3) is 0 Å². The van der Waals surface area contributed by atoms with Crippen molar-refractivity contribution in [2.45, 2.75) is 224 Å². The molecule has 0 aromatic rings. The highest BCUT2D eigenvalue weighted by atomic mass is 31.2. The third kappa shape index (κ3) is 32.4. The molecule has 16 nitrogen and oxygen atoms in total. The second-order valence-electron chi connectivity index (χ2n) is 16.8. The molecular weight excluding hydrogens is 882 g/mol. The van der Waals surface area contributed by atoms with Crippen LogP contribution in [0.5, 0.6) is 0 Å². The van der Waals surface area contributed by atoms with Gasteiger partial charge < -0.3 is 44.6 Å². The first-order valence-electron chi connectivity index (χ1n) is 24.2. The molecule has 8 unspecified atom stereocenters. The van der Waals surface area contributed by atoms with E-state index >= 15 is 0 Å². The monoisotopic (exact) mass is 967 g/mol. The highest BCUT2D eigenvalue weighted by Crippen LogP contribution is 2.49. The number of unbranched alkanes of at least 4 members (excludes halogenated alkanes) is 18. The predicted molar refractivity (Wildman–Crippen MR) is 250 cm³/mol. The van der Waals surface area contributed by atoms with Crippen LogP contribution in [0.1, 0.15) is 181 Å². The molecule has 1 fully saturated rings.